The van der Waals surface area contributed by atoms with Crippen LogP contribution in [0.2, 0.25) is 0 Å². The SMILES string of the molecule is CCCCCCCC/C=C\CCCCCCCC[NH2+]CC(O)CO. The Balaban J connectivity index is 3.08. The van der Waals surface area contributed by atoms with Crippen molar-refractivity contribution < 1.29 is 15.5 Å². The van der Waals surface area contributed by atoms with Gasteiger partial charge in [0.05, 0.1) is 13.2 Å². The van der Waals surface area contributed by atoms with Gasteiger partial charge in [0, 0.05) is 0 Å². The van der Waals surface area contributed by atoms with Crippen LogP contribution in [-0.4, -0.2) is 36.0 Å². The summed E-state index contributed by atoms with van der Waals surface area (Å²) in [5.74, 6) is 0. The van der Waals surface area contributed by atoms with Crippen molar-refractivity contribution in [3.63, 3.8) is 0 Å². The molecule has 0 aliphatic rings. The molecule has 144 valence electrons. The molecule has 0 saturated heterocycles. The van der Waals surface area contributed by atoms with E-state index in [1.165, 1.54) is 89.9 Å². The Kier molecular flexibility index (Phi) is 20.3. The first-order valence-corrected chi connectivity index (χ1v) is 10.6. The predicted octanol–water partition coefficient (Wildman–Crippen LogP) is 3.94. The van der Waals surface area contributed by atoms with Crippen molar-refractivity contribution in [3.05, 3.63) is 12.2 Å². The zero-order valence-corrected chi connectivity index (χ0v) is 16.2. The molecule has 0 aliphatic heterocycles. The van der Waals surface area contributed by atoms with Crippen LogP contribution < -0.4 is 5.32 Å². The quantitative estimate of drug-likeness (QED) is 0.246. The van der Waals surface area contributed by atoms with Crippen LogP contribution in [0.1, 0.15) is 96.8 Å². The molecule has 0 fully saturated rings. The Bertz CT molecular complexity index is 256. The van der Waals surface area contributed by atoms with Crippen LogP contribution in [0.4, 0.5) is 0 Å². The summed E-state index contributed by atoms with van der Waals surface area (Å²) in [5, 5.41) is 20.0. The van der Waals surface area contributed by atoms with Gasteiger partial charge in [0.25, 0.3) is 0 Å². The number of hydrogen-bond acceptors (Lipinski definition) is 2. The highest BCUT2D eigenvalue weighted by Crippen LogP contribution is 2.09. The van der Waals surface area contributed by atoms with Crippen LogP contribution in [-0.2, 0) is 0 Å². The number of aliphatic hydroxyl groups is 2. The fourth-order valence-electron chi connectivity index (χ4n) is 2.92. The zero-order valence-electron chi connectivity index (χ0n) is 16.2. The van der Waals surface area contributed by atoms with Crippen molar-refractivity contribution >= 4 is 0 Å². The summed E-state index contributed by atoms with van der Waals surface area (Å²) in [4.78, 5) is 0. The van der Waals surface area contributed by atoms with Crippen molar-refractivity contribution in [2.45, 2.75) is 103 Å². The Hall–Kier alpha value is -0.380. The molecule has 0 aromatic heterocycles. The smallest absolute Gasteiger partial charge is 0.126 e. The molecule has 0 aromatic carbocycles. The molecule has 24 heavy (non-hydrogen) atoms. The third-order valence-electron chi connectivity index (χ3n) is 4.57. The van der Waals surface area contributed by atoms with Gasteiger partial charge in [0.15, 0.2) is 0 Å². The molecule has 0 heterocycles. The van der Waals surface area contributed by atoms with E-state index in [1.54, 1.807) is 0 Å². The number of quaternary nitrogens is 1. The van der Waals surface area contributed by atoms with E-state index >= 15 is 0 Å². The van der Waals surface area contributed by atoms with E-state index in [1.807, 2.05) is 0 Å². The van der Waals surface area contributed by atoms with Crippen molar-refractivity contribution in [1.82, 2.24) is 0 Å². The third-order valence-corrected chi connectivity index (χ3v) is 4.57. The van der Waals surface area contributed by atoms with Gasteiger partial charge < -0.3 is 15.5 Å². The minimum atomic E-state index is -0.556. The number of nitrogens with two attached hydrogens (primary N) is 1. The summed E-state index contributed by atoms with van der Waals surface area (Å²) in [7, 11) is 0. The Morgan fingerprint density at radius 1 is 0.750 bits per heavy atom. The molecule has 0 aromatic rings. The minimum absolute atomic E-state index is 0.121. The molecule has 0 amide bonds. The van der Waals surface area contributed by atoms with Crippen molar-refractivity contribution in [1.29, 1.82) is 0 Å². The second-order valence-corrected chi connectivity index (χ2v) is 7.09. The molecule has 3 heteroatoms. The average molecular weight is 343 g/mol. The topological polar surface area (TPSA) is 57.1 Å². The summed E-state index contributed by atoms with van der Waals surface area (Å²) < 4.78 is 0. The van der Waals surface area contributed by atoms with Crippen molar-refractivity contribution in [2.75, 3.05) is 19.7 Å². The largest absolute Gasteiger partial charge is 0.393 e. The van der Waals surface area contributed by atoms with Crippen LogP contribution in [0.3, 0.4) is 0 Å². The van der Waals surface area contributed by atoms with Crippen LogP contribution >= 0.6 is 0 Å². The van der Waals surface area contributed by atoms with E-state index in [4.69, 9.17) is 5.11 Å². The Labute approximate surface area is 150 Å². The molecule has 0 saturated carbocycles. The summed E-state index contributed by atoms with van der Waals surface area (Å²) in [6, 6.07) is 0. The lowest BCUT2D eigenvalue weighted by atomic mass is 10.1. The second kappa shape index (κ2) is 20.7. The van der Waals surface area contributed by atoms with E-state index in [0.29, 0.717) is 6.54 Å². The van der Waals surface area contributed by atoms with Gasteiger partial charge in [-0.2, -0.15) is 0 Å². The summed E-state index contributed by atoms with van der Waals surface area (Å²) >= 11 is 0. The van der Waals surface area contributed by atoms with Gasteiger partial charge in [0.1, 0.15) is 12.6 Å². The van der Waals surface area contributed by atoms with Gasteiger partial charge in [-0.05, 0) is 38.5 Å². The standard InChI is InChI=1S/C21H43NO2/c1-2-3-4-5-6-7-8-9-10-11-12-13-14-15-16-17-18-22-19-21(24)20-23/h9-10,21-24H,2-8,11-20H2,1H3/p+1/b10-9-. The van der Waals surface area contributed by atoms with Crippen molar-refractivity contribution in [3.8, 4) is 0 Å². The maximum Gasteiger partial charge on any atom is 0.126 e. The summed E-state index contributed by atoms with van der Waals surface area (Å²) in [6.07, 6.45) is 23.0. The lowest BCUT2D eigenvalue weighted by Crippen LogP contribution is -2.86. The second-order valence-electron chi connectivity index (χ2n) is 7.09. The Morgan fingerprint density at radius 2 is 1.25 bits per heavy atom. The van der Waals surface area contributed by atoms with Crippen LogP contribution in [0.5, 0.6) is 0 Å². The van der Waals surface area contributed by atoms with Crippen LogP contribution in [0.25, 0.3) is 0 Å². The van der Waals surface area contributed by atoms with E-state index in [0.717, 1.165) is 6.54 Å². The number of unbranched alkanes of at least 4 members (excludes halogenated alkanes) is 12. The van der Waals surface area contributed by atoms with E-state index in [9.17, 15) is 5.11 Å². The molecule has 1 unspecified atom stereocenters. The van der Waals surface area contributed by atoms with Gasteiger partial charge >= 0.3 is 0 Å². The number of hydrogen-bond donors (Lipinski definition) is 3. The molecule has 3 nitrogen and oxygen atoms in total. The number of aliphatic hydroxyl groups excluding tert-OH is 2. The highest BCUT2D eigenvalue weighted by Gasteiger charge is 2.02. The van der Waals surface area contributed by atoms with Crippen molar-refractivity contribution in [2.24, 2.45) is 0 Å². The first-order valence-electron chi connectivity index (χ1n) is 10.6. The van der Waals surface area contributed by atoms with Gasteiger partial charge in [0.2, 0.25) is 0 Å². The molecule has 0 aliphatic carbocycles. The van der Waals surface area contributed by atoms with Gasteiger partial charge in [-0.25, -0.2) is 0 Å². The third kappa shape index (κ3) is 19.7. The van der Waals surface area contributed by atoms with Gasteiger partial charge in [-0.15, -0.1) is 0 Å². The molecular weight excluding hydrogens is 298 g/mol. The lowest BCUT2D eigenvalue weighted by molar-refractivity contribution is -0.661. The monoisotopic (exact) mass is 342 g/mol. The number of rotatable bonds is 19. The maximum absolute atomic E-state index is 9.21. The van der Waals surface area contributed by atoms with E-state index < -0.39 is 6.10 Å². The van der Waals surface area contributed by atoms with Crippen LogP contribution in [0.15, 0.2) is 12.2 Å². The molecule has 4 N–H and O–H groups in total. The highest BCUT2D eigenvalue weighted by atomic mass is 16.3. The summed E-state index contributed by atoms with van der Waals surface area (Å²) in [5.41, 5.74) is 0. The summed E-state index contributed by atoms with van der Waals surface area (Å²) in [6.45, 7) is 3.85. The first-order chi connectivity index (χ1) is 11.8. The first kappa shape index (κ1) is 23.6. The maximum atomic E-state index is 9.21. The Morgan fingerprint density at radius 3 is 1.79 bits per heavy atom. The predicted molar refractivity (Wildman–Crippen MR) is 104 cm³/mol. The van der Waals surface area contributed by atoms with Gasteiger partial charge in [-0.1, -0.05) is 70.4 Å². The van der Waals surface area contributed by atoms with E-state index in [2.05, 4.69) is 24.4 Å². The molecular formula is C21H44NO2+. The van der Waals surface area contributed by atoms with Crippen LogP contribution in [0, 0.1) is 0 Å². The lowest BCUT2D eigenvalue weighted by Gasteiger charge is -2.05. The molecule has 0 spiro atoms. The zero-order chi connectivity index (χ0) is 17.7. The molecule has 0 radical (unpaired) electrons. The number of allylic oxidation sites excluding steroid dienone is 2. The highest BCUT2D eigenvalue weighted by molar-refractivity contribution is 4.81. The average Bonchev–Trinajstić information content (AvgIpc) is 2.60. The van der Waals surface area contributed by atoms with Gasteiger partial charge in [-0.3, -0.25) is 0 Å². The van der Waals surface area contributed by atoms with E-state index in [-0.39, 0.29) is 6.61 Å². The molecule has 0 bridgehead atoms. The minimum Gasteiger partial charge on any atom is -0.393 e. The normalized spacial score (nSPS) is 13.0. The molecule has 0 rings (SSSR count). The molecule has 1 atom stereocenters. The fourth-order valence-corrected chi connectivity index (χ4v) is 2.92. The fraction of sp³-hybridized carbons (Fsp3) is 0.905.